The first-order valence-electron chi connectivity index (χ1n) is 44.0. The van der Waals surface area contributed by atoms with Gasteiger partial charge in [-0.25, -0.2) is 29.9 Å². The molecule has 0 radical (unpaired) electrons. The molecule has 0 bridgehead atoms. The summed E-state index contributed by atoms with van der Waals surface area (Å²) in [5, 5.41) is 9.32. The van der Waals surface area contributed by atoms with Crippen molar-refractivity contribution in [3.8, 4) is 135 Å². The number of para-hydroxylation sites is 6. The molecule has 0 saturated carbocycles. The minimum absolute atomic E-state index is 0.603. The van der Waals surface area contributed by atoms with Crippen LogP contribution in [0, 0.1) is 0 Å². The zero-order valence-electron chi connectivity index (χ0n) is 71.1. The van der Waals surface area contributed by atoms with Crippen LogP contribution in [0.2, 0.25) is 0 Å². The Morgan fingerprint density at radius 1 is 0.182 bits per heavy atom. The minimum Gasteiger partial charge on any atom is -0.455 e. The van der Waals surface area contributed by atoms with Gasteiger partial charge in [0.15, 0.2) is 18.5 Å². The van der Waals surface area contributed by atoms with Crippen LogP contribution in [0.25, 0.3) is 223 Å². The highest BCUT2D eigenvalue weighted by molar-refractivity contribution is 7.85. The van der Waals surface area contributed by atoms with Crippen LogP contribution in [-0.2, 0) is 4.57 Å². The van der Waals surface area contributed by atoms with E-state index in [2.05, 4.69) is 193 Å². The number of benzene rings is 17. The molecule has 8 heterocycles. The summed E-state index contributed by atoms with van der Waals surface area (Å²) in [6.45, 7) is 0. The fourth-order valence-corrected chi connectivity index (χ4v) is 20.8. The first kappa shape index (κ1) is 79.3. The lowest BCUT2D eigenvalue weighted by molar-refractivity contribution is 0.592. The third-order valence-corrected chi connectivity index (χ3v) is 27.5. The summed E-state index contributed by atoms with van der Waals surface area (Å²) in [6, 6.07) is 157. The van der Waals surface area contributed by atoms with Gasteiger partial charge in [-0.3, -0.25) is 0 Å². The van der Waals surface area contributed by atoms with Crippen molar-refractivity contribution in [1.82, 2.24) is 29.9 Å². The molecule has 0 aliphatic heterocycles. The predicted molar refractivity (Wildman–Crippen MR) is 540 cm³/mol. The number of hydrogen-bond acceptors (Lipinski definition) is 11. The molecule has 0 spiro atoms. The van der Waals surface area contributed by atoms with E-state index in [1.165, 1.54) is 0 Å². The van der Waals surface area contributed by atoms with Gasteiger partial charge in [-0.15, -0.1) is 0 Å². The third kappa shape index (κ3) is 14.6. The lowest BCUT2D eigenvalue weighted by atomic mass is 9.94. The van der Waals surface area contributed by atoms with Gasteiger partial charge in [-0.2, -0.15) is 0 Å². The molecular formula is C120H77N6O5P. The molecule has 0 fully saturated rings. The van der Waals surface area contributed by atoms with Crippen LogP contribution in [0.3, 0.4) is 0 Å². The van der Waals surface area contributed by atoms with E-state index < -0.39 is 7.14 Å². The molecule has 0 amide bonds. The molecule has 0 saturated heterocycles. The van der Waals surface area contributed by atoms with E-state index in [-0.39, 0.29) is 0 Å². The Labute approximate surface area is 760 Å². The summed E-state index contributed by atoms with van der Waals surface area (Å²) in [4.78, 5) is 30.3. The van der Waals surface area contributed by atoms with Crippen LogP contribution in [-0.4, -0.2) is 29.9 Å². The largest absolute Gasteiger partial charge is 0.455 e. The first-order chi connectivity index (χ1) is 65.4. The Hall–Kier alpha value is -17.4. The third-order valence-electron chi connectivity index (χ3n) is 24.4. The molecule has 0 aliphatic rings. The van der Waals surface area contributed by atoms with Gasteiger partial charge in [0, 0.05) is 104 Å². The quantitative estimate of drug-likeness (QED) is 0.0904. The van der Waals surface area contributed by atoms with Crippen LogP contribution in [0.15, 0.2) is 485 Å². The summed E-state index contributed by atoms with van der Waals surface area (Å²) in [6.07, 6.45) is 0. The van der Waals surface area contributed by atoms with Crippen LogP contribution in [0.1, 0.15) is 0 Å². The molecule has 0 atom stereocenters. The van der Waals surface area contributed by atoms with Crippen molar-refractivity contribution >= 4 is 111 Å². The number of hydrogen-bond donors (Lipinski definition) is 0. The van der Waals surface area contributed by atoms with Crippen molar-refractivity contribution in [1.29, 1.82) is 0 Å². The Bertz CT molecular complexity index is 8530. The Balaban J connectivity index is 0.000000113. The average molecular weight is 1710 g/mol. The van der Waals surface area contributed by atoms with Crippen molar-refractivity contribution in [3.63, 3.8) is 0 Å². The van der Waals surface area contributed by atoms with Crippen molar-refractivity contribution < 1.29 is 22.2 Å². The number of furan rings is 3. The molecular weight excluding hydrogens is 1640 g/mol. The summed E-state index contributed by atoms with van der Waals surface area (Å²) >= 11 is 0. The minimum atomic E-state index is -3.12. The highest BCUT2D eigenvalue weighted by Crippen LogP contribution is 2.52. The average Bonchev–Trinajstić information content (AvgIpc) is 1.56. The number of pyridine rings is 3. The number of aromatic nitrogens is 6. The lowest BCUT2D eigenvalue weighted by Crippen LogP contribution is -2.24. The van der Waals surface area contributed by atoms with E-state index in [1.807, 2.05) is 279 Å². The topological polar surface area (TPSA) is 147 Å². The maximum atomic E-state index is 15.1. The molecule has 12 heteroatoms. The highest BCUT2D eigenvalue weighted by Gasteiger charge is 2.33. The smallest absolute Gasteiger partial charge is 0.227 e. The van der Waals surface area contributed by atoms with Crippen molar-refractivity contribution in [2.45, 2.75) is 0 Å². The zero-order chi connectivity index (χ0) is 87.8. The fraction of sp³-hybridized carbons (Fsp3) is 0. The van der Waals surface area contributed by atoms with E-state index in [1.54, 1.807) is 0 Å². The maximum absolute atomic E-state index is 15.1. The van der Waals surface area contributed by atoms with E-state index in [0.29, 0.717) is 11.7 Å². The number of fused-ring (bicyclic) bond motifs is 11. The predicted octanol–water partition coefficient (Wildman–Crippen LogP) is 30.7. The van der Waals surface area contributed by atoms with Crippen molar-refractivity contribution in [2.75, 3.05) is 0 Å². The summed E-state index contributed by atoms with van der Waals surface area (Å²) in [5.41, 5.74) is 26.4. The Kier molecular flexibility index (Phi) is 20.7. The Morgan fingerprint density at radius 3 is 0.811 bits per heavy atom. The van der Waals surface area contributed by atoms with Crippen molar-refractivity contribution in [2.24, 2.45) is 0 Å². The SMILES string of the molecule is O=P(c1ccccc1)(c1ccccc1)c1ccc(-c2c(-c3ccccc3)oc3c2c(-c2ccccc2)nc2ccccc23)cc1.c1ccc(-c2nc(-c3ccc(-c4c(-c5ccccc5)oc5c4c(-c4ccccc4)nc4ccccc45)cc3)c3ccccc3n2)cc1.c1ccc(-c2oc3c(c(-c4ccccc4)nc4ccccc43)c2-c2ccc(-c3nc4ccccc4o3)cc2)cc1. The van der Waals surface area contributed by atoms with E-state index in [9.17, 15) is 0 Å². The molecule has 17 aromatic carbocycles. The molecule has 11 nitrogen and oxygen atoms in total. The number of rotatable bonds is 15. The maximum Gasteiger partial charge on any atom is 0.227 e. The van der Waals surface area contributed by atoms with Crippen LogP contribution >= 0.6 is 7.14 Å². The Morgan fingerprint density at radius 2 is 0.447 bits per heavy atom. The summed E-state index contributed by atoms with van der Waals surface area (Å²) in [5.74, 6) is 3.73. The van der Waals surface area contributed by atoms with Crippen LogP contribution in [0.4, 0.5) is 0 Å². The summed E-state index contributed by atoms with van der Waals surface area (Å²) < 4.78 is 41.7. The van der Waals surface area contributed by atoms with Gasteiger partial charge in [0.1, 0.15) is 39.5 Å². The van der Waals surface area contributed by atoms with E-state index >= 15 is 4.57 Å². The fourth-order valence-electron chi connectivity index (χ4n) is 18.1. The second-order valence-corrected chi connectivity index (χ2v) is 35.2. The number of oxazole rings is 1. The highest BCUT2D eigenvalue weighted by atomic mass is 31.2. The molecule has 0 N–H and O–H groups in total. The van der Waals surface area contributed by atoms with Crippen LogP contribution in [0.5, 0.6) is 0 Å². The van der Waals surface area contributed by atoms with Gasteiger partial charge in [0.2, 0.25) is 5.89 Å². The molecule has 0 unspecified atom stereocenters. The molecule has 25 rings (SSSR count). The lowest BCUT2D eigenvalue weighted by Gasteiger charge is -2.20. The van der Waals surface area contributed by atoms with Gasteiger partial charge in [-0.1, -0.05) is 400 Å². The van der Waals surface area contributed by atoms with E-state index in [4.69, 9.17) is 42.6 Å². The molecule has 25 aromatic rings. The van der Waals surface area contributed by atoms with Gasteiger partial charge >= 0.3 is 0 Å². The normalized spacial score (nSPS) is 11.5. The standard InChI is InChI=1S/C43H27N3O.C41H28NO2P.C36H22N2O2/c1-4-14-29(15-5-1)40-38-37(41(31-16-6-2-7-17-31)47-42(38)34-21-11-13-23-36(34)44-40)28-24-26-30(27-25-28)39-33-20-10-12-22-35(33)45-43(46-39)32-18-8-3-9-19-32;43-45(32-19-9-3-10-20-32,33-21-11-4-12-22-33)34-27-25-29(26-28-34)37-38-39(30-15-5-1-6-16-30)42-36-24-14-13-23-35(36)41(38)44-40(37)31-17-7-2-8-18-31;1-3-11-24(12-4-1)33-32-31(23-19-21-26(22-20-23)36-38-29-17-9-10-18-30(29)39-36)34(25-13-5-2-6-14-25)40-35(32)27-15-7-8-16-28(27)37-33/h1-27H;1-28H;1-22H. The molecule has 622 valence electrons. The van der Waals surface area contributed by atoms with Gasteiger partial charge in [0.05, 0.1) is 61.0 Å². The number of nitrogens with zero attached hydrogens (tertiary/aromatic N) is 6. The molecule has 8 aromatic heterocycles. The van der Waals surface area contributed by atoms with Gasteiger partial charge < -0.3 is 22.2 Å². The van der Waals surface area contributed by atoms with Crippen molar-refractivity contribution in [3.05, 3.63) is 467 Å². The second kappa shape index (κ2) is 34.4. The van der Waals surface area contributed by atoms with Crippen LogP contribution < -0.4 is 15.9 Å². The molecule has 132 heavy (non-hydrogen) atoms. The second-order valence-electron chi connectivity index (χ2n) is 32.4. The monoisotopic (exact) mass is 1710 g/mol. The molecule has 0 aliphatic carbocycles. The van der Waals surface area contributed by atoms with Gasteiger partial charge in [0.25, 0.3) is 0 Å². The van der Waals surface area contributed by atoms with E-state index in [0.717, 1.165) is 227 Å². The van der Waals surface area contributed by atoms with Gasteiger partial charge in [-0.05, 0) is 83.4 Å². The summed E-state index contributed by atoms with van der Waals surface area (Å²) in [7, 11) is -3.12. The first-order valence-corrected chi connectivity index (χ1v) is 45.7. The zero-order valence-corrected chi connectivity index (χ0v) is 72.0.